The average molecular weight is 362 g/mol. The van der Waals surface area contributed by atoms with Crippen molar-refractivity contribution in [3.63, 3.8) is 0 Å². The number of rotatable bonds is 7. The van der Waals surface area contributed by atoms with Crippen LogP contribution in [0.1, 0.15) is 24.3 Å². The van der Waals surface area contributed by atoms with Crippen molar-refractivity contribution < 1.29 is 9.53 Å². The van der Waals surface area contributed by atoms with Crippen molar-refractivity contribution in [2.45, 2.75) is 13.8 Å². The molecule has 6 heteroatoms. The van der Waals surface area contributed by atoms with Crippen LogP contribution in [-0.4, -0.2) is 29.0 Å². The fraction of sp³-hybridized carbons (Fsp3) is 0.190. The molecule has 0 saturated heterocycles. The summed E-state index contributed by atoms with van der Waals surface area (Å²) in [7, 11) is 0. The predicted octanol–water partition coefficient (Wildman–Crippen LogP) is 4.37. The number of anilines is 2. The monoisotopic (exact) mass is 362 g/mol. The quantitative estimate of drug-likeness (QED) is 0.676. The molecule has 0 bridgehead atoms. The van der Waals surface area contributed by atoms with Crippen LogP contribution in [0.4, 0.5) is 11.5 Å². The molecule has 0 saturated carbocycles. The summed E-state index contributed by atoms with van der Waals surface area (Å²) >= 11 is 0. The number of nitrogens with zero attached hydrogens (tertiary/aromatic N) is 3. The van der Waals surface area contributed by atoms with Crippen molar-refractivity contribution in [3.05, 3.63) is 72.7 Å². The van der Waals surface area contributed by atoms with E-state index in [2.05, 4.69) is 20.2 Å². The molecule has 1 aromatic heterocycles. The molecule has 0 aliphatic carbocycles. The summed E-state index contributed by atoms with van der Waals surface area (Å²) in [5.41, 5.74) is 1.000. The van der Waals surface area contributed by atoms with Crippen LogP contribution >= 0.6 is 0 Å². The maximum atomic E-state index is 12.5. The fourth-order valence-electron chi connectivity index (χ4n) is 2.62. The molecule has 138 valence electrons. The molecule has 0 radical (unpaired) electrons. The highest BCUT2D eigenvalue weighted by Crippen LogP contribution is 2.23. The Morgan fingerprint density at radius 3 is 2.30 bits per heavy atom. The number of aromatic nitrogens is 2. The van der Waals surface area contributed by atoms with Gasteiger partial charge in [0.25, 0.3) is 5.91 Å². The van der Waals surface area contributed by atoms with Gasteiger partial charge in [0.1, 0.15) is 29.3 Å². The predicted molar refractivity (Wildman–Crippen MR) is 107 cm³/mol. The number of ether oxygens (including phenoxy) is 1. The van der Waals surface area contributed by atoms with Crippen LogP contribution in [0.5, 0.6) is 11.5 Å². The van der Waals surface area contributed by atoms with Crippen LogP contribution < -0.4 is 15.0 Å². The highest BCUT2D eigenvalue weighted by Gasteiger charge is 2.12. The number of carbonyl (C=O) groups excluding carboxylic acids is 1. The van der Waals surface area contributed by atoms with Gasteiger partial charge in [0.05, 0.1) is 0 Å². The van der Waals surface area contributed by atoms with E-state index in [0.29, 0.717) is 17.1 Å². The summed E-state index contributed by atoms with van der Waals surface area (Å²) in [5.74, 6) is 1.93. The summed E-state index contributed by atoms with van der Waals surface area (Å²) in [5, 5.41) is 2.85. The molecule has 1 heterocycles. The van der Waals surface area contributed by atoms with Crippen LogP contribution in [0.2, 0.25) is 0 Å². The Morgan fingerprint density at radius 1 is 0.963 bits per heavy atom. The smallest absolute Gasteiger partial charge is 0.274 e. The second-order valence-corrected chi connectivity index (χ2v) is 5.83. The minimum atomic E-state index is -0.275. The third-order valence-corrected chi connectivity index (χ3v) is 4.06. The Labute approximate surface area is 158 Å². The van der Waals surface area contributed by atoms with Crippen LogP contribution in [0.15, 0.2) is 67.0 Å². The van der Waals surface area contributed by atoms with Crippen LogP contribution in [0.25, 0.3) is 0 Å². The number of amides is 1. The SMILES string of the molecule is CCN(CC)c1cc(C(=O)Nc2ccc(Oc3ccccc3)cc2)ncn1. The first-order chi connectivity index (χ1) is 13.2. The van der Waals surface area contributed by atoms with Gasteiger partial charge in [-0.1, -0.05) is 18.2 Å². The highest BCUT2D eigenvalue weighted by molar-refractivity contribution is 6.03. The Kier molecular flexibility index (Phi) is 5.99. The first-order valence-electron chi connectivity index (χ1n) is 8.91. The van der Waals surface area contributed by atoms with Crippen molar-refractivity contribution in [2.24, 2.45) is 0 Å². The van der Waals surface area contributed by atoms with Crippen molar-refractivity contribution in [3.8, 4) is 11.5 Å². The lowest BCUT2D eigenvalue weighted by Gasteiger charge is -2.19. The molecule has 0 fully saturated rings. The first-order valence-corrected chi connectivity index (χ1v) is 8.91. The van der Waals surface area contributed by atoms with Crippen molar-refractivity contribution in [1.29, 1.82) is 0 Å². The maximum absolute atomic E-state index is 12.5. The second-order valence-electron chi connectivity index (χ2n) is 5.83. The second kappa shape index (κ2) is 8.80. The molecular weight excluding hydrogens is 340 g/mol. The number of para-hydroxylation sites is 1. The van der Waals surface area contributed by atoms with E-state index in [9.17, 15) is 4.79 Å². The molecule has 0 spiro atoms. The zero-order chi connectivity index (χ0) is 19.1. The van der Waals surface area contributed by atoms with Gasteiger partial charge >= 0.3 is 0 Å². The zero-order valence-electron chi connectivity index (χ0n) is 15.4. The summed E-state index contributed by atoms with van der Waals surface area (Å²) < 4.78 is 5.75. The van der Waals surface area contributed by atoms with Crippen LogP contribution in [0.3, 0.4) is 0 Å². The number of nitrogens with one attached hydrogen (secondary N) is 1. The molecule has 0 aliphatic rings. The van der Waals surface area contributed by atoms with E-state index in [-0.39, 0.29) is 5.91 Å². The van der Waals surface area contributed by atoms with Crippen molar-refractivity contribution >= 4 is 17.4 Å². The topological polar surface area (TPSA) is 67.4 Å². The van der Waals surface area contributed by atoms with Gasteiger partial charge in [0.2, 0.25) is 0 Å². The van der Waals surface area contributed by atoms with Gasteiger partial charge in [0, 0.05) is 24.8 Å². The van der Waals surface area contributed by atoms with Gasteiger partial charge in [-0.3, -0.25) is 4.79 Å². The van der Waals surface area contributed by atoms with Crippen molar-refractivity contribution in [1.82, 2.24) is 9.97 Å². The number of carbonyl (C=O) groups is 1. The molecule has 3 rings (SSSR count). The van der Waals surface area contributed by atoms with E-state index in [1.54, 1.807) is 18.2 Å². The van der Waals surface area contributed by atoms with E-state index < -0.39 is 0 Å². The summed E-state index contributed by atoms with van der Waals surface area (Å²) in [6.45, 7) is 5.73. The average Bonchev–Trinajstić information content (AvgIpc) is 2.71. The normalized spacial score (nSPS) is 10.3. The molecule has 0 unspecified atom stereocenters. The van der Waals surface area contributed by atoms with Gasteiger partial charge in [-0.05, 0) is 50.2 Å². The van der Waals surface area contributed by atoms with Crippen LogP contribution in [-0.2, 0) is 0 Å². The lowest BCUT2D eigenvalue weighted by atomic mass is 10.2. The number of benzene rings is 2. The molecular formula is C21H22N4O2. The lowest BCUT2D eigenvalue weighted by molar-refractivity contribution is 0.102. The number of hydrogen-bond acceptors (Lipinski definition) is 5. The maximum Gasteiger partial charge on any atom is 0.274 e. The van der Waals surface area contributed by atoms with E-state index in [1.807, 2.05) is 56.3 Å². The minimum absolute atomic E-state index is 0.275. The van der Waals surface area contributed by atoms with Gasteiger partial charge in [-0.2, -0.15) is 0 Å². The molecule has 6 nitrogen and oxygen atoms in total. The third-order valence-electron chi connectivity index (χ3n) is 4.06. The highest BCUT2D eigenvalue weighted by atomic mass is 16.5. The van der Waals surface area contributed by atoms with Gasteiger partial charge in [-0.25, -0.2) is 9.97 Å². The molecule has 3 aromatic rings. The van der Waals surface area contributed by atoms with Gasteiger partial charge in [-0.15, -0.1) is 0 Å². The minimum Gasteiger partial charge on any atom is -0.457 e. The number of hydrogen-bond donors (Lipinski definition) is 1. The standard InChI is InChI=1S/C21H22N4O2/c1-3-25(4-2)20-14-19(22-15-23-20)21(26)24-16-10-12-18(13-11-16)27-17-8-6-5-7-9-17/h5-15H,3-4H2,1-2H3,(H,24,26). The van der Waals surface area contributed by atoms with E-state index in [0.717, 1.165) is 24.7 Å². The largest absolute Gasteiger partial charge is 0.457 e. The molecule has 0 atom stereocenters. The van der Waals surface area contributed by atoms with E-state index >= 15 is 0 Å². The summed E-state index contributed by atoms with van der Waals surface area (Å²) in [6.07, 6.45) is 1.42. The molecule has 2 aromatic carbocycles. The van der Waals surface area contributed by atoms with Gasteiger partial charge in [0.15, 0.2) is 0 Å². The van der Waals surface area contributed by atoms with Crippen molar-refractivity contribution in [2.75, 3.05) is 23.3 Å². The molecule has 1 amide bonds. The first kappa shape index (κ1) is 18.4. The fourth-order valence-corrected chi connectivity index (χ4v) is 2.62. The third kappa shape index (κ3) is 4.82. The van der Waals surface area contributed by atoms with E-state index in [4.69, 9.17) is 4.74 Å². The summed E-state index contributed by atoms with van der Waals surface area (Å²) in [4.78, 5) is 22.9. The Bertz CT molecular complexity index is 878. The summed E-state index contributed by atoms with van der Waals surface area (Å²) in [6, 6.07) is 18.4. The Balaban J connectivity index is 1.66. The van der Waals surface area contributed by atoms with Crippen LogP contribution in [0, 0.1) is 0 Å². The molecule has 0 aliphatic heterocycles. The molecule has 27 heavy (non-hydrogen) atoms. The zero-order valence-corrected chi connectivity index (χ0v) is 15.4. The molecule has 1 N–H and O–H groups in total. The Morgan fingerprint density at radius 2 is 1.63 bits per heavy atom. The lowest BCUT2D eigenvalue weighted by Crippen LogP contribution is -2.24. The van der Waals surface area contributed by atoms with E-state index in [1.165, 1.54) is 6.33 Å². The Hall–Kier alpha value is -3.41. The van der Waals surface area contributed by atoms with Gasteiger partial charge < -0.3 is 15.0 Å².